The summed E-state index contributed by atoms with van der Waals surface area (Å²) in [6.45, 7) is 5.54. The van der Waals surface area contributed by atoms with E-state index in [0.29, 0.717) is 17.0 Å². The molecule has 2 heterocycles. The van der Waals surface area contributed by atoms with Gasteiger partial charge in [-0.3, -0.25) is 35.5 Å². The van der Waals surface area contributed by atoms with Gasteiger partial charge in [-0.05, 0) is 63.2 Å². The van der Waals surface area contributed by atoms with Crippen LogP contribution in [-0.4, -0.2) is 26.3 Å². The fraction of sp³-hybridized carbons (Fsp3) is 0.148. The van der Waals surface area contributed by atoms with Crippen molar-refractivity contribution in [1.29, 1.82) is 0 Å². The second kappa shape index (κ2) is 10.7. The van der Waals surface area contributed by atoms with E-state index in [0.717, 1.165) is 17.4 Å². The molecular formula is C27H26N6O4. The van der Waals surface area contributed by atoms with E-state index in [4.69, 9.17) is 0 Å². The summed E-state index contributed by atoms with van der Waals surface area (Å²) in [6, 6.07) is 20.5. The van der Waals surface area contributed by atoms with Gasteiger partial charge in [0.1, 0.15) is 5.69 Å². The van der Waals surface area contributed by atoms with Crippen LogP contribution >= 0.6 is 0 Å². The van der Waals surface area contributed by atoms with Crippen LogP contribution in [0.2, 0.25) is 0 Å². The molecule has 188 valence electrons. The Balaban J connectivity index is 1.47. The van der Waals surface area contributed by atoms with Crippen molar-refractivity contribution in [3.8, 4) is 5.69 Å². The highest BCUT2D eigenvalue weighted by Gasteiger charge is 2.21. The number of aryl methyl sites for hydroxylation is 1. The Morgan fingerprint density at radius 1 is 0.946 bits per heavy atom. The summed E-state index contributed by atoms with van der Waals surface area (Å²) in [5.74, 6) is -1.18. The Morgan fingerprint density at radius 2 is 1.65 bits per heavy atom. The summed E-state index contributed by atoms with van der Waals surface area (Å²) in [6.07, 6.45) is 1.64. The van der Waals surface area contributed by atoms with Gasteiger partial charge >= 0.3 is 0 Å². The first-order valence-corrected chi connectivity index (χ1v) is 11.6. The number of nitro benzene ring substituents is 1. The van der Waals surface area contributed by atoms with Gasteiger partial charge < -0.3 is 9.88 Å². The number of hydrazine groups is 1. The molecule has 10 heteroatoms. The fourth-order valence-electron chi connectivity index (χ4n) is 4.11. The van der Waals surface area contributed by atoms with Gasteiger partial charge in [-0.25, -0.2) is 0 Å². The number of nitrogens with one attached hydrogen (secondary N) is 3. The third kappa shape index (κ3) is 5.48. The number of aromatic nitrogens is 2. The summed E-state index contributed by atoms with van der Waals surface area (Å²) >= 11 is 0. The summed E-state index contributed by atoms with van der Waals surface area (Å²) < 4.78 is 1.94. The molecule has 4 aromatic rings. The summed E-state index contributed by atoms with van der Waals surface area (Å²) in [5, 5.41) is 14.8. The lowest BCUT2D eigenvalue weighted by atomic mass is 10.1. The van der Waals surface area contributed by atoms with Gasteiger partial charge in [0, 0.05) is 34.9 Å². The van der Waals surface area contributed by atoms with Crippen LogP contribution in [0, 0.1) is 24.0 Å². The van der Waals surface area contributed by atoms with E-state index >= 15 is 0 Å². The van der Waals surface area contributed by atoms with E-state index in [1.807, 2.05) is 67.8 Å². The number of hydrogen-bond donors (Lipinski definition) is 3. The van der Waals surface area contributed by atoms with Crippen LogP contribution in [0.25, 0.3) is 5.69 Å². The zero-order valence-corrected chi connectivity index (χ0v) is 20.6. The van der Waals surface area contributed by atoms with Crippen LogP contribution in [0.3, 0.4) is 0 Å². The largest absolute Gasteiger partial charge is 0.371 e. The predicted octanol–water partition coefficient (Wildman–Crippen LogP) is 4.65. The fourth-order valence-corrected chi connectivity index (χ4v) is 4.11. The molecule has 37 heavy (non-hydrogen) atoms. The molecule has 2 aromatic heterocycles. The molecule has 1 unspecified atom stereocenters. The van der Waals surface area contributed by atoms with Crippen LogP contribution in [0.15, 0.2) is 79.0 Å². The minimum Gasteiger partial charge on any atom is -0.371 e. The standard InChI is InChI=1S/C27H26N6O4/c1-17-15-22(19(3)32(17)21-9-5-4-6-10-21)27(35)31-30-26(34)20-12-13-24(25(16-20)33(36)37)29-18(2)23-11-7-8-14-28-23/h4-16,18,29H,1-3H3,(H,30,34)(H,31,35). The van der Waals surface area contributed by atoms with E-state index in [2.05, 4.69) is 21.2 Å². The van der Waals surface area contributed by atoms with Crippen molar-refractivity contribution in [1.82, 2.24) is 20.4 Å². The van der Waals surface area contributed by atoms with Crippen molar-refractivity contribution in [3.05, 3.63) is 117 Å². The number of pyridine rings is 1. The number of anilines is 1. The minimum atomic E-state index is -0.683. The van der Waals surface area contributed by atoms with Gasteiger partial charge in [-0.2, -0.15) is 0 Å². The average molecular weight is 499 g/mol. The van der Waals surface area contributed by atoms with E-state index in [1.165, 1.54) is 12.1 Å². The highest BCUT2D eigenvalue weighted by Crippen LogP contribution is 2.29. The lowest BCUT2D eigenvalue weighted by Crippen LogP contribution is -2.41. The van der Waals surface area contributed by atoms with Gasteiger partial charge in [-0.15, -0.1) is 0 Å². The molecule has 0 fully saturated rings. The molecule has 0 radical (unpaired) electrons. The molecule has 10 nitrogen and oxygen atoms in total. The third-order valence-electron chi connectivity index (χ3n) is 5.94. The number of para-hydroxylation sites is 1. The number of benzene rings is 2. The van der Waals surface area contributed by atoms with E-state index in [1.54, 1.807) is 18.3 Å². The third-order valence-corrected chi connectivity index (χ3v) is 5.94. The normalized spacial score (nSPS) is 11.4. The number of carbonyl (C=O) groups is 2. The van der Waals surface area contributed by atoms with Crippen LogP contribution in [0.5, 0.6) is 0 Å². The van der Waals surface area contributed by atoms with Gasteiger partial charge in [-0.1, -0.05) is 24.3 Å². The molecular weight excluding hydrogens is 472 g/mol. The molecule has 0 bridgehead atoms. The Labute approximate surface area is 213 Å². The molecule has 0 saturated carbocycles. The highest BCUT2D eigenvalue weighted by molar-refractivity contribution is 6.00. The molecule has 0 aliphatic carbocycles. The highest BCUT2D eigenvalue weighted by atomic mass is 16.6. The molecule has 0 aliphatic rings. The average Bonchev–Trinajstić information content (AvgIpc) is 3.21. The smallest absolute Gasteiger partial charge is 0.293 e. The maximum absolute atomic E-state index is 12.8. The number of carbonyl (C=O) groups excluding carboxylic acids is 2. The summed E-state index contributed by atoms with van der Waals surface area (Å²) in [4.78, 5) is 40.9. The second-order valence-corrected chi connectivity index (χ2v) is 8.47. The van der Waals surface area contributed by atoms with E-state index < -0.39 is 16.7 Å². The zero-order chi connectivity index (χ0) is 26.5. The van der Waals surface area contributed by atoms with Crippen molar-refractivity contribution < 1.29 is 14.5 Å². The quantitative estimate of drug-likeness (QED) is 0.251. The van der Waals surface area contributed by atoms with Crippen molar-refractivity contribution >= 4 is 23.2 Å². The molecule has 0 spiro atoms. The number of rotatable bonds is 7. The Bertz CT molecular complexity index is 1450. The molecule has 0 aliphatic heterocycles. The van der Waals surface area contributed by atoms with Crippen LogP contribution in [0.1, 0.15) is 50.8 Å². The van der Waals surface area contributed by atoms with Crippen molar-refractivity contribution in [2.45, 2.75) is 26.8 Å². The first kappa shape index (κ1) is 25.1. The first-order valence-electron chi connectivity index (χ1n) is 11.6. The zero-order valence-electron chi connectivity index (χ0n) is 20.6. The first-order chi connectivity index (χ1) is 17.8. The van der Waals surface area contributed by atoms with Crippen molar-refractivity contribution in [2.75, 3.05) is 5.32 Å². The second-order valence-electron chi connectivity index (χ2n) is 8.47. The maximum Gasteiger partial charge on any atom is 0.293 e. The minimum absolute atomic E-state index is 0.0257. The number of nitro groups is 1. The van der Waals surface area contributed by atoms with Gasteiger partial charge in [0.15, 0.2) is 0 Å². The summed E-state index contributed by atoms with van der Waals surface area (Å²) in [7, 11) is 0. The van der Waals surface area contributed by atoms with Crippen LogP contribution < -0.4 is 16.2 Å². The van der Waals surface area contributed by atoms with Gasteiger partial charge in [0.25, 0.3) is 17.5 Å². The monoisotopic (exact) mass is 498 g/mol. The van der Waals surface area contributed by atoms with Crippen molar-refractivity contribution in [2.24, 2.45) is 0 Å². The predicted molar refractivity (Wildman–Crippen MR) is 140 cm³/mol. The number of nitrogens with zero attached hydrogens (tertiary/aromatic N) is 3. The van der Waals surface area contributed by atoms with E-state index in [9.17, 15) is 19.7 Å². The van der Waals surface area contributed by atoms with Crippen molar-refractivity contribution in [3.63, 3.8) is 0 Å². The van der Waals surface area contributed by atoms with Crippen LogP contribution in [0.4, 0.5) is 11.4 Å². The molecule has 2 aromatic carbocycles. The van der Waals surface area contributed by atoms with Gasteiger partial charge in [0.05, 0.1) is 22.2 Å². The molecule has 0 saturated heterocycles. The molecule has 2 amide bonds. The summed E-state index contributed by atoms with van der Waals surface area (Å²) in [5.41, 5.74) is 8.35. The van der Waals surface area contributed by atoms with E-state index in [-0.39, 0.29) is 23.0 Å². The van der Waals surface area contributed by atoms with Crippen LogP contribution in [-0.2, 0) is 0 Å². The van der Waals surface area contributed by atoms with Gasteiger partial charge in [0.2, 0.25) is 0 Å². The number of amides is 2. The lowest BCUT2D eigenvalue weighted by Gasteiger charge is -2.15. The topological polar surface area (TPSA) is 131 Å². The SMILES string of the molecule is Cc1cc(C(=O)NNC(=O)c2ccc(NC(C)c3ccccn3)c([N+](=O)[O-])c2)c(C)n1-c1ccccc1. The lowest BCUT2D eigenvalue weighted by molar-refractivity contribution is -0.384. The molecule has 3 N–H and O–H groups in total. The Kier molecular flexibility index (Phi) is 7.28. The molecule has 4 rings (SSSR count). The maximum atomic E-state index is 12.8. The molecule has 1 atom stereocenters. The Hall–Kier alpha value is -4.99. The number of hydrogen-bond acceptors (Lipinski definition) is 6. The Morgan fingerprint density at radius 3 is 2.32 bits per heavy atom.